The van der Waals surface area contributed by atoms with E-state index in [0.717, 1.165) is 37.3 Å². The number of aromatic nitrogens is 2. The molecule has 10 heteroatoms. The summed E-state index contributed by atoms with van der Waals surface area (Å²) in [7, 11) is 0. The SMILES string of the molecule is CC(=O)N1CCCN(c2ccc(NC(=O)c3nnc(Nc4cccc(OCc5ccccc5)c4)o3)cc2)CC1. The number of hydrogen-bond donors (Lipinski definition) is 2. The maximum absolute atomic E-state index is 12.7. The lowest BCUT2D eigenvalue weighted by Gasteiger charge is -2.23. The third-order valence-corrected chi connectivity index (χ3v) is 6.38. The smallest absolute Gasteiger partial charge is 0.320 e. The van der Waals surface area contributed by atoms with E-state index in [1.54, 1.807) is 6.92 Å². The van der Waals surface area contributed by atoms with E-state index in [9.17, 15) is 9.59 Å². The van der Waals surface area contributed by atoms with Crippen molar-refractivity contribution in [2.75, 3.05) is 41.7 Å². The number of hydrogen-bond acceptors (Lipinski definition) is 8. The molecule has 0 aliphatic carbocycles. The van der Waals surface area contributed by atoms with Crippen LogP contribution in [0, 0.1) is 0 Å². The second-order valence-corrected chi connectivity index (χ2v) is 9.19. The Balaban J connectivity index is 1.14. The third-order valence-electron chi connectivity index (χ3n) is 6.38. The summed E-state index contributed by atoms with van der Waals surface area (Å²) in [4.78, 5) is 28.5. The highest BCUT2D eigenvalue weighted by Gasteiger charge is 2.18. The second-order valence-electron chi connectivity index (χ2n) is 9.19. The molecule has 10 nitrogen and oxygen atoms in total. The minimum absolute atomic E-state index is 0.0940. The minimum Gasteiger partial charge on any atom is -0.489 e. The molecular formula is C29H30N6O4. The van der Waals surface area contributed by atoms with Gasteiger partial charge in [0.15, 0.2) is 0 Å². The minimum atomic E-state index is -0.505. The molecule has 2 N–H and O–H groups in total. The largest absolute Gasteiger partial charge is 0.489 e. The average molecular weight is 527 g/mol. The van der Waals surface area contributed by atoms with Gasteiger partial charge in [-0.1, -0.05) is 41.5 Å². The van der Waals surface area contributed by atoms with Crippen molar-refractivity contribution in [3.8, 4) is 5.75 Å². The molecular weight excluding hydrogens is 496 g/mol. The molecule has 39 heavy (non-hydrogen) atoms. The molecule has 0 bridgehead atoms. The normalized spacial score (nSPS) is 13.5. The van der Waals surface area contributed by atoms with Crippen LogP contribution < -0.4 is 20.3 Å². The maximum Gasteiger partial charge on any atom is 0.320 e. The number of carbonyl (C=O) groups excluding carboxylic acids is 2. The fraction of sp³-hybridized carbons (Fsp3) is 0.241. The highest BCUT2D eigenvalue weighted by molar-refractivity contribution is 6.01. The van der Waals surface area contributed by atoms with Gasteiger partial charge in [-0.25, -0.2) is 0 Å². The first-order valence-electron chi connectivity index (χ1n) is 12.8. The Labute approximate surface area is 226 Å². The van der Waals surface area contributed by atoms with Gasteiger partial charge in [-0.2, -0.15) is 0 Å². The number of carbonyl (C=O) groups is 2. The van der Waals surface area contributed by atoms with Crippen LogP contribution in [0.25, 0.3) is 0 Å². The zero-order chi connectivity index (χ0) is 27.0. The van der Waals surface area contributed by atoms with Crippen LogP contribution in [-0.2, 0) is 11.4 Å². The molecule has 200 valence electrons. The molecule has 0 radical (unpaired) electrons. The van der Waals surface area contributed by atoms with Crippen molar-refractivity contribution >= 4 is 34.9 Å². The van der Waals surface area contributed by atoms with Gasteiger partial charge in [0.1, 0.15) is 12.4 Å². The van der Waals surface area contributed by atoms with E-state index in [2.05, 4.69) is 25.7 Å². The second kappa shape index (κ2) is 12.1. The van der Waals surface area contributed by atoms with Gasteiger partial charge < -0.3 is 29.6 Å². The summed E-state index contributed by atoms with van der Waals surface area (Å²) in [5, 5.41) is 13.6. The summed E-state index contributed by atoms with van der Waals surface area (Å²) in [6.07, 6.45) is 0.913. The van der Waals surface area contributed by atoms with E-state index in [-0.39, 0.29) is 17.8 Å². The molecule has 0 saturated carbocycles. The van der Waals surface area contributed by atoms with Gasteiger partial charge in [0.25, 0.3) is 0 Å². The number of ether oxygens (including phenoxy) is 1. The number of rotatable bonds is 8. The Bertz CT molecular complexity index is 1410. The van der Waals surface area contributed by atoms with Crippen LogP contribution >= 0.6 is 0 Å². The number of nitrogens with zero attached hydrogens (tertiary/aromatic N) is 4. The molecule has 1 aromatic heterocycles. The Morgan fingerprint density at radius 3 is 2.51 bits per heavy atom. The van der Waals surface area contributed by atoms with Crippen LogP contribution in [0.3, 0.4) is 0 Å². The van der Waals surface area contributed by atoms with Crippen LogP contribution in [0.15, 0.2) is 83.3 Å². The fourth-order valence-electron chi connectivity index (χ4n) is 4.32. The molecule has 0 spiro atoms. The van der Waals surface area contributed by atoms with Crippen LogP contribution in [0.1, 0.15) is 29.6 Å². The quantitative estimate of drug-likeness (QED) is 0.340. The Morgan fingerprint density at radius 2 is 1.72 bits per heavy atom. The van der Waals surface area contributed by atoms with Crippen LogP contribution in [-0.4, -0.2) is 53.1 Å². The molecule has 1 fully saturated rings. The van der Waals surface area contributed by atoms with Crippen molar-refractivity contribution in [1.82, 2.24) is 15.1 Å². The van der Waals surface area contributed by atoms with Crippen LogP contribution in [0.2, 0.25) is 0 Å². The van der Waals surface area contributed by atoms with Gasteiger partial charge in [-0.3, -0.25) is 9.59 Å². The van der Waals surface area contributed by atoms with Crippen molar-refractivity contribution < 1.29 is 18.7 Å². The first-order chi connectivity index (χ1) is 19.0. The summed E-state index contributed by atoms with van der Waals surface area (Å²) < 4.78 is 11.4. The average Bonchev–Trinajstić information content (AvgIpc) is 3.27. The molecule has 0 unspecified atom stereocenters. The summed E-state index contributed by atoms with van der Waals surface area (Å²) in [5.41, 5.74) is 3.41. The van der Waals surface area contributed by atoms with Crippen LogP contribution in [0.5, 0.6) is 5.75 Å². The van der Waals surface area contributed by atoms with Gasteiger partial charge in [-0.15, -0.1) is 5.10 Å². The van der Waals surface area contributed by atoms with Crippen molar-refractivity contribution in [1.29, 1.82) is 0 Å². The molecule has 2 amide bonds. The molecule has 0 atom stereocenters. The summed E-state index contributed by atoms with van der Waals surface area (Å²) in [6.45, 7) is 5.17. The number of amides is 2. The predicted molar refractivity (Wildman–Crippen MR) is 148 cm³/mol. The monoisotopic (exact) mass is 526 g/mol. The molecule has 1 aliphatic rings. The van der Waals surface area contributed by atoms with E-state index in [0.29, 0.717) is 30.3 Å². The van der Waals surface area contributed by atoms with Crippen molar-refractivity contribution in [3.05, 3.63) is 90.3 Å². The van der Waals surface area contributed by atoms with E-state index >= 15 is 0 Å². The van der Waals surface area contributed by atoms with Gasteiger partial charge >= 0.3 is 17.8 Å². The van der Waals surface area contributed by atoms with E-state index in [1.165, 1.54) is 0 Å². The van der Waals surface area contributed by atoms with E-state index in [4.69, 9.17) is 9.15 Å². The Kier molecular flexibility index (Phi) is 8.01. The molecule has 4 aromatic rings. The molecule has 1 aliphatic heterocycles. The van der Waals surface area contributed by atoms with E-state index in [1.807, 2.05) is 83.8 Å². The van der Waals surface area contributed by atoms with Crippen molar-refractivity contribution in [3.63, 3.8) is 0 Å². The highest BCUT2D eigenvalue weighted by atomic mass is 16.5. The first-order valence-corrected chi connectivity index (χ1v) is 12.8. The Hall–Kier alpha value is -4.86. The predicted octanol–water partition coefficient (Wildman–Crippen LogP) is 4.70. The van der Waals surface area contributed by atoms with Gasteiger partial charge in [-0.05, 0) is 48.4 Å². The summed E-state index contributed by atoms with van der Waals surface area (Å²) in [5.74, 6) is 0.127. The number of benzene rings is 3. The van der Waals surface area contributed by atoms with Crippen LogP contribution in [0.4, 0.5) is 23.1 Å². The third kappa shape index (κ3) is 6.92. The fourth-order valence-corrected chi connectivity index (χ4v) is 4.32. The number of anilines is 4. The Morgan fingerprint density at radius 1 is 0.897 bits per heavy atom. The lowest BCUT2D eigenvalue weighted by molar-refractivity contribution is -0.128. The zero-order valence-corrected chi connectivity index (χ0v) is 21.7. The first kappa shape index (κ1) is 25.8. The van der Waals surface area contributed by atoms with Gasteiger partial charge in [0.2, 0.25) is 5.91 Å². The summed E-state index contributed by atoms with van der Waals surface area (Å²) >= 11 is 0. The zero-order valence-electron chi connectivity index (χ0n) is 21.7. The van der Waals surface area contributed by atoms with Gasteiger partial charge in [0, 0.05) is 56.2 Å². The lowest BCUT2D eigenvalue weighted by atomic mass is 10.2. The maximum atomic E-state index is 12.7. The number of nitrogens with one attached hydrogen (secondary N) is 2. The molecule has 5 rings (SSSR count). The van der Waals surface area contributed by atoms with Crippen molar-refractivity contribution in [2.24, 2.45) is 0 Å². The summed E-state index contributed by atoms with van der Waals surface area (Å²) in [6, 6.07) is 24.9. The van der Waals surface area contributed by atoms with Gasteiger partial charge in [0.05, 0.1) is 0 Å². The lowest BCUT2D eigenvalue weighted by Crippen LogP contribution is -2.33. The van der Waals surface area contributed by atoms with E-state index < -0.39 is 5.91 Å². The highest BCUT2D eigenvalue weighted by Crippen LogP contribution is 2.23. The van der Waals surface area contributed by atoms with Crippen molar-refractivity contribution in [2.45, 2.75) is 20.0 Å². The topological polar surface area (TPSA) is 113 Å². The molecule has 1 saturated heterocycles. The molecule has 3 aromatic carbocycles. The molecule has 2 heterocycles. The standard InChI is InChI=1S/C29H30N6O4/c1-21(36)34-15-6-16-35(18-17-34)25-13-11-23(12-14-25)30-27(37)28-32-33-29(39-28)31-24-9-5-10-26(19-24)38-20-22-7-3-2-4-8-22/h2-5,7-14,19H,6,15-18,20H2,1H3,(H,30,37)(H,31,33).